The van der Waals surface area contributed by atoms with Crippen LogP contribution in [-0.2, 0) is 10.9 Å². The van der Waals surface area contributed by atoms with E-state index in [0.29, 0.717) is 44.0 Å². The number of rotatable bonds is 2. The van der Waals surface area contributed by atoms with E-state index in [1.54, 1.807) is 17.3 Å². The van der Waals surface area contributed by atoms with Gasteiger partial charge in [0, 0.05) is 18.2 Å². The molecule has 1 aromatic rings. The van der Waals surface area contributed by atoms with Gasteiger partial charge in [0.2, 0.25) is 0 Å². The lowest BCUT2D eigenvalue weighted by molar-refractivity contribution is -0.780. The molecule has 3 aliphatic rings. The number of allylic oxidation sites excluding steroid dienone is 2. The zero-order chi connectivity index (χ0) is 29.6. The Morgan fingerprint density at radius 1 is 1.20 bits per heavy atom. The number of aryl methyl sites for hydroxylation is 1. The first kappa shape index (κ1) is 29.7. The molecule has 2 atom stereocenters. The van der Waals surface area contributed by atoms with Crippen molar-refractivity contribution in [1.29, 1.82) is 0 Å². The lowest BCUT2D eigenvalue weighted by atomic mass is 9.85. The predicted octanol–water partition coefficient (Wildman–Crippen LogP) is 5.80. The van der Waals surface area contributed by atoms with Crippen LogP contribution in [0.1, 0.15) is 64.2 Å². The van der Waals surface area contributed by atoms with Crippen molar-refractivity contribution in [1.82, 2.24) is 9.91 Å². The van der Waals surface area contributed by atoms with Crippen LogP contribution >= 0.6 is 0 Å². The molecule has 1 radical (unpaired) electrons. The zero-order valence-electron chi connectivity index (χ0n) is 24.1. The Bertz CT molecular complexity index is 1290. The normalized spacial score (nSPS) is 23.8. The van der Waals surface area contributed by atoms with E-state index < -0.39 is 23.1 Å². The number of aromatic hydroxyl groups is 1. The first-order valence-electron chi connectivity index (χ1n) is 13.5. The maximum atomic E-state index is 13.2. The molecule has 0 spiro atoms. The number of aliphatic imine (C=N–C) groups is 1. The molecule has 0 saturated carbocycles. The minimum Gasteiger partial charge on any atom is -0.507 e. The van der Waals surface area contributed by atoms with Crippen LogP contribution < -0.4 is 0 Å². The molecule has 4 rings (SSSR count). The molecule has 1 saturated heterocycles. The van der Waals surface area contributed by atoms with Gasteiger partial charge in [0.1, 0.15) is 17.2 Å². The van der Waals surface area contributed by atoms with Crippen molar-refractivity contribution in [2.24, 2.45) is 10.1 Å². The molecular weight excluding hydrogens is 522 g/mol. The Balaban J connectivity index is 1.57. The first-order valence-corrected chi connectivity index (χ1v) is 13.5. The molecule has 215 valence electrons. The molecule has 1 amide bonds. The molecule has 1 N–H and O–H groups in total. The number of nitrogens with zero attached hydrogens (tertiary/aromatic N) is 5. The maximum absolute atomic E-state index is 13.2. The number of phenolic OH excluding ortho intramolecular Hbond substituents is 1. The summed E-state index contributed by atoms with van der Waals surface area (Å²) in [7, 11) is 1.91. The Morgan fingerprint density at radius 2 is 1.90 bits per heavy atom. The number of fused-ring (bicyclic) bond motifs is 1. The predicted molar refractivity (Wildman–Crippen MR) is 149 cm³/mol. The number of hydrazone groups is 1. The molecule has 1 unspecified atom stereocenters. The molecule has 0 bridgehead atoms. The molecule has 1 aromatic carbocycles. The summed E-state index contributed by atoms with van der Waals surface area (Å²) < 4.78 is 45.5. The van der Waals surface area contributed by atoms with Crippen LogP contribution in [0.25, 0.3) is 0 Å². The quantitative estimate of drug-likeness (QED) is 0.464. The summed E-state index contributed by atoms with van der Waals surface area (Å²) in [4.78, 5) is 20.1. The zero-order valence-corrected chi connectivity index (χ0v) is 24.1. The van der Waals surface area contributed by atoms with Gasteiger partial charge in [-0.25, -0.2) is 10.0 Å². The van der Waals surface area contributed by atoms with E-state index in [0.717, 1.165) is 23.5 Å². The number of amides is 1. The first-order chi connectivity index (χ1) is 18.6. The van der Waals surface area contributed by atoms with Crippen molar-refractivity contribution in [3.8, 4) is 5.75 Å². The summed E-state index contributed by atoms with van der Waals surface area (Å²) in [5.41, 5.74) is 0.394. The van der Waals surface area contributed by atoms with Crippen LogP contribution in [0.4, 0.5) is 18.0 Å². The topological polar surface area (TPSA) is 77.7 Å². The summed E-state index contributed by atoms with van der Waals surface area (Å²) in [5.74, 6) is 0.982. The van der Waals surface area contributed by atoms with Gasteiger partial charge in [-0.2, -0.15) is 23.1 Å². The number of hydrogen-bond acceptors (Lipinski definition) is 7. The van der Waals surface area contributed by atoms with Gasteiger partial charge in [-0.3, -0.25) is 4.39 Å². The SMILES string of the molecule is C[B][N+]1(C(=O)OC(C)(C)C)CCN(C2=NN3C=CC(c4c(C)cc(C(F)(F)F)cc4O)=NC3=C(C)CC2)C[C@H]1C. The number of ether oxygens (including phenoxy) is 1. The molecular formula is C28H37BF3N5O3+. The van der Waals surface area contributed by atoms with Gasteiger partial charge < -0.3 is 14.7 Å². The molecule has 0 aromatic heterocycles. The highest BCUT2D eigenvalue weighted by molar-refractivity contribution is 6.27. The van der Waals surface area contributed by atoms with Crippen LogP contribution in [0.5, 0.6) is 5.75 Å². The highest BCUT2D eigenvalue weighted by atomic mass is 19.4. The van der Waals surface area contributed by atoms with Crippen molar-refractivity contribution in [2.45, 2.75) is 79.0 Å². The van der Waals surface area contributed by atoms with Crippen molar-refractivity contribution >= 4 is 25.1 Å². The van der Waals surface area contributed by atoms with E-state index in [2.05, 4.69) is 4.90 Å². The third kappa shape index (κ3) is 5.77. The lowest BCUT2D eigenvalue weighted by Crippen LogP contribution is -2.69. The van der Waals surface area contributed by atoms with Gasteiger partial charge in [-0.05, 0) is 84.1 Å². The molecule has 12 heteroatoms. The number of quaternary nitrogens is 1. The molecule has 0 aliphatic carbocycles. The van der Waals surface area contributed by atoms with Crippen LogP contribution in [0.3, 0.4) is 0 Å². The number of amidine groups is 1. The number of piperazine rings is 1. The second-order valence-corrected chi connectivity index (χ2v) is 11.7. The second-order valence-electron chi connectivity index (χ2n) is 11.7. The van der Waals surface area contributed by atoms with Crippen molar-refractivity contribution < 1.29 is 32.2 Å². The van der Waals surface area contributed by atoms with E-state index in [1.165, 1.54) is 6.92 Å². The minimum absolute atomic E-state index is 0.0554. The van der Waals surface area contributed by atoms with Crippen LogP contribution in [0, 0.1) is 6.92 Å². The van der Waals surface area contributed by atoms with Gasteiger partial charge in [-0.15, -0.1) is 0 Å². The van der Waals surface area contributed by atoms with E-state index in [-0.39, 0.29) is 27.7 Å². The Labute approximate surface area is 234 Å². The van der Waals surface area contributed by atoms with Crippen LogP contribution in [0.2, 0.25) is 6.82 Å². The van der Waals surface area contributed by atoms with Crippen molar-refractivity contribution in [2.75, 3.05) is 19.6 Å². The Hall–Kier alpha value is -3.28. The fraction of sp³-hybridized carbons (Fsp3) is 0.536. The summed E-state index contributed by atoms with van der Waals surface area (Å²) >= 11 is 0. The van der Waals surface area contributed by atoms with Gasteiger partial charge >= 0.3 is 19.7 Å². The third-order valence-electron chi connectivity index (χ3n) is 7.61. The number of hydrogen-bond donors (Lipinski definition) is 1. The number of alkyl halides is 3. The van der Waals surface area contributed by atoms with E-state index in [4.69, 9.17) is 14.8 Å². The van der Waals surface area contributed by atoms with E-state index in [1.807, 2.05) is 48.9 Å². The average Bonchev–Trinajstić information content (AvgIpc) is 3.01. The largest absolute Gasteiger partial charge is 0.507 e. The number of phenols is 1. The monoisotopic (exact) mass is 559 g/mol. The van der Waals surface area contributed by atoms with Crippen molar-refractivity contribution in [3.63, 3.8) is 0 Å². The molecule has 3 aliphatic heterocycles. The second kappa shape index (κ2) is 10.6. The lowest BCUT2D eigenvalue weighted by Gasteiger charge is -2.47. The Morgan fingerprint density at radius 3 is 2.48 bits per heavy atom. The summed E-state index contributed by atoms with van der Waals surface area (Å²) in [5, 5.41) is 17.1. The third-order valence-corrected chi connectivity index (χ3v) is 7.61. The number of benzene rings is 1. The van der Waals surface area contributed by atoms with Gasteiger partial charge in [-0.1, -0.05) is 0 Å². The van der Waals surface area contributed by atoms with Crippen molar-refractivity contribution in [3.05, 3.63) is 52.5 Å². The fourth-order valence-electron chi connectivity index (χ4n) is 5.40. The number of carbonyl (C=O) groups excluding carboxylic acids is 1. The average molecular weight is 559 g/mol. The smallest absolute Gasteiger partial charge is 0.495 e. The van der Waals surface area contributed by atoms with Crippen LogP contribution in [-0.4, -0.2) is 75.7 Å². The Kier molecular flexibility index (Phi) is 7.88. The highest BCUT2D eigenvalue weighted by Gasteiger charge is 2.48. The summed E-state index contributed by atoms with van der Waals surface area (Å²) in [6, 6.07) is 1.69. The van der Waals surface area contributed by atoms with Gasteiger partial charge in [0.15, 0.2) is 5.82 Å². The maximum Gasteiger partial charge on any atom is 0.495 e. The van der Waals surface area contributed by atoms with E-state index in [9.17, 15) is 23.1 Å². The number of halogens is 3. The molecule has 8 nitrogen and oxygen atoms in total. The molecule has 1 fully saturated rings. The van der Waals surface area contributed by atoms with Crippen LogP contribution in [0.15, 0.2) is 45.9 Å². The van der Waals surface area contributed by atoms with Gasteiger partial charge in [0.25, 0.3) is 0 Å². The van der Waals surface area contributed by atoms with Gasteiger partial charge in [0.05, 0.1) is 37.0 Å². The van der Waals surface area contributed by atoms with E-state index >= 15 is 0 Å². The standard InChI is InChI=1S/C28H37BF3N5O3/c1-17-8-9-23(35-12-13-37(29-7,19(3)16-35)26(39)40-27(4,5)6)34-36-11-10-21(33-25(17)36)24-18(2)14-20(15-22(24)38)28(30,31)32/h10-11,14-15,19,38H,8-9,12-13,16H2,1-7H3/q+1/t19-,37?/m1/s1. The fourth-order valence-corrected chi connectivity index (χ4v) is 5.40. The highest BCUT2D eigenvalue weighted by Crippen LogP contribution is 2.36. The molecule has 3 heterocycles. The molecule has 40 heavy (non-hydrogen) atoms. The minimum atomic E-state index is -4.56. The number of carbonyl (C=O) groups is 1. The summed E-state index contributed by atoms with van der Waals surface area (Å²) in [6.07, 6.45) is -0.0912. The summed E-state index contributed by atoms with van der Waals surface area (Å²) in [6.45, 7) is 14.8.